The van der Waals surface area contributed by atoms with Gasteiger partial charge in [0.05, 0.1) is 5.56 Å². The molecule has 0 atom stereocenters. The van der Waals surface area contributed by atoms with E-state index >= 15 is 0 Å². The van der Waals surface area contributed by atoms with Crippen LogP contribution in [0.3, 0.4) is 0 Å². The van der Waals surface area contributed by atoms with Crippen LogP contribution in [0.1, 0.15) is 27.9 Å². The molecule has 0 aliphatic carbocycles. The molecule has 1 aromatic rings. The third-order valence-electron chi connectivity index (χ3n) is 2.11. The lowest BCUT2D eigenvalue weighted by Gasteiger charge is -2.10. The zero-order valence-electron chi connectivity index (χ0n) is 8.87. The minimum absolute atomic E-state index is 0.0170. The van der Waals surface area contributed by atoms with Gasteiger partial charge in [0.1, 0.15) is 6.29 Å². The molecule has 0 radical (unpaired) electrons. The third kappa shape index (κ3) is 3.71. The summed E-state index contributed by atoms with van der Waals surface area (Å²) in [6, 6.07) is 3.37. The Hall–Kier alpha value is -1.62. The maximum Gasteiger partial charge on any atom is 0.417 e. The van der Waals surface area contributed by atoms with Crippen LogP contribution in [0.4, 0.5) is 13.2 Å². The largest absolute Gasteiger partial charge is 0.417 e. The van der Waals surface area contributed by atoms with E-state index in [-0.39, 0.29) is 24.2 Å². The lowest BCUT2D eigenvalue weighted by Crippen LogP contribution is -2.08. The van der Waals surface area contributed by atoms with Gasteiger partial charge < -0.3 is 5.11 Å². The second-order valence-electron chi connectivity index (χ2n) is 3.38. The van der Waals surface area contributed by atoms with Crippen LogP contribution in [-0.4, -0.2) is 18.0 Å². The minimum atomic E-state index is -4.50. The molecule has 0 spiro atoms. The summed E-state index contributed by atoms with van der Waals surface area (Å²) in [5, 5.41) is 8.54. The highest BCUT2D eigenvalue weighted by molar-refractivity contribution is 5.76. The molecule has 0 fully saturated rings. The number of aliphatic hydroxyl groups is 1. The Morgan fingerprint density at radius 1 is 1.29 bits per heavy atom. The first-order chi connectivity index (χ1) is 7.99. The summed E-state index contributed by atoms with van der Waals surface area (Å²) in [5.41, 5.74) is -0.885. The average molecular weight is 244 g/mol. The van der Waals surface area contributed by atoms with Crippen molar-refractivity contribution in [1.82, 2.24) is 0 Å². The number of rotatable bonds is 4. The van der Waals surface area contributed by atoms with Gasteiger partial charge >= 0.3 is 6.18 Å². The van der Waals surface area contributed by atoms with Crippen LogP contribution in [0, 0.1) is 0 Å². The van der Waals surface area contributed by atoms with Gasteiger partial charge in [0, 0.05) is 12.2 Å². The quantitative estimate of drug-likeness (QED) is 0.827. The van der Waals surface area contributed by atoms with Crippen molar-refractivity contribution >= 4 is 12.4 Å². The highest BCUT2D eigenvalue weighted by Crippen LogP contribution is 2.33. The van der Waals surface area contributed by atoms with Crippen LogP contribution in [0.2, 0.25) is 0 Å². The molecule has 17 heavy (non-hydrogen) atoms. The summed E-state index contributed by atoms with van der Waals surface area (Å²) in [6.07, 6.45) is -1.11. The number of benzene rings is 1. The van der Waals surface area contributed by atoms with Gasteiger partial charge in [0.15, 0.2) is 0 Å². The molecule has 0 heterocycles. The normalized spacial score (nSPS) is 12.0. The van der Waals surface area contributed by atoms with Crippen molar-refractivity contribution in [2.75, 3.05) is 6.61 Å². The average Bonchev–Trinajstić information content (AvgIpc) is 2.28. The van der Waals surface area contributed by atoms with Gasteiger partial charge in [0.2, 0.25) is 0 Å². The van der Waals surface area contributed by atoms with Crippen LogP contribution in [0.5, 0.6) is 0 Å². The second-order valence-corrected chi connectivity index (χ2v) is 3.38. The van der Waals surface area contributed by atoms with Crippen molar-refractivity contribution in [3.63, 3.8) is 0 Å². The van der Waals surface area contributed by atoms with E-state index in [9.17, 15) is 18.0 Å². The van der Waals surface area contributed by atoms with Gasteiger partial charge in [-0.3, -0.25) is 4.79 Å². The fourth-order valence-corrected chi connectivity index (χ4v) is 1.32. The van der Waals surface area contributed by atoms with Gasteiger partial charge in [-0.25, -0.2) is 0 Å². The monoisotopic (exact) mass is 244 g/mol. The molecule has 2 nitrogen and oxygen atoms in total. The molecule has 0 aliphatic heterocycles. The fourth-order valence-electron chi connectivity index (χ4n) is 1.32. The molecule has 0 aliphatic rings. The Bertz CT molecular complexity index is 422. The summed E-state index contributed by atoms with van der Waals surface area (Å²) in [4.78, 5) is 10.4. The van der Waals surface area contributed by atoms with E-state index in [1.54, 1.807) is 0 Å². The minimum Gasteiger partial charge on any atom is -0.396 e. The van der Waals surface area contributed by atoms with E-state index in [0.29, 0.717) is 6.29 Å². The van der Waals surface area contributed by atoms with Gasteiger partial charge in [-0.05, 0) is 18.1 Å². The van der Waals surface area contributed by atoms with Crippen molar-refractivity contribution in [1.29, 1.82) is 0 Å². The topological polar surface area (TPSA) is 37.3 Å². The SMILES string of the molecule is O=Cc1ccc(C=CCCO)c(C(F)(F)F)c1. The van der Waals surface area contributed by atoms with E-state index < -0.39 is 11.7 Å². The van der Waals surface area contributed by atoms with Crippen LogP contribution in [0.25, 0.3) is 6.08 Å². The van der Waals surface area contributed by atoms with E-state index in [0.717, 1.165) is 6.07 Å². The molecule has 0 unspecified atom stereocenters. The molecule has 5 heteroatoms. The number of hydrogen-bond donors (Lipinski definition) is 1. The number of aldehydes is 1. The van der Waals surface area contributed by atoms with Crippen molar-refractivity contribution in [2.45, 2.75) is 12.6 Å². The number of aliphatic hydroxyl groups excluding tert-OH is 1. The van der Waals surface area contributed by atoms with E-state index in [1.165, 1.54) is 24.3 Å². The predicted molar refractivity (Wildman–Crippen MR) is 57.6 cm³/mol. The molecule has 92 valence electrons. The van der Waals surface area contributed by atoms with E-state index in [1.807, 2.05) is 0 Å². The Labute approximate surface area is 96.4 Å². The molecular formula is C12H11F3O2. The summed E-state index contributed by atoms with van der Waals surface area (Å²) in [5.74, 6) is 0. The predicted octanol–water partition coefficient (Wildman–Crippen LogP) is 2.91. The van der Waals surface area contributed by atoms with Crippen LogP contribution >= 0.6 is 0 Å². The molecule has 1 N–H and O–H groups in total. The molecule has 0 saturated heterocycles. The third-order valence-corrected chi connectivity index (χ3v) is 2.11. The summed E-state index contributed by atoms with van der Waals surface area (Å²) in [6.45, 7) is -0.121. The van der Waals surface area contributed by atoms with E-state index in [2.05, 4.69) is 0 Å². The van der Waals surface area contributed by atoms with Crippen molar-refractivity contribution < 1.29 is 23.1 Å². The Balaban J connectivity index is 3.16. The maximum atomic E-state index is 12.7. The van der Waals surface area contributed by atoms with Crippen molar-refractivity contribution in [2.24, 2.45) is 0 Å². The zero-order chi connectivity index (χ0) is 12.9. The lowest BCUT2D eigenvalue weighted by molar-refractivity contribution is -0.137. The molecular weight excluding hydrogens is 233 g/mol. The number of carbonyl (C=O) groups is 1. The Morgan fingerprint density at radius 3 is 2.53 bits per heavy atom. The van der Waals surface area contributed by atoms with Gasteiger partial charge in [-0.2, -0.15) is 13.2 Å². The lowest BCUT2D eigenvalue weighted by atomic mass is 10.0. The first kappa shape index (κ1) is 13.4. The zero-order valence-corrected chi connectivity index (χ0v) is 8.87. The molecule has 0 aromatic heterocycles. The van der Waals surface area contributed by atoms with Crippen LogP contribution in [-0.2, 0) is 6.18 Å². The number of carbonyl (C=O) groups excluding carboxylic acids is 1. The van der Waals surface area contributed by atoms with Crippen molar-refractivity contribution in [3.05, 3.63) is 41.0 Å². The molecule has 1 aromatic carbocycles. The Morgan fingerprint density at radius 2 is 2.00 bits per heavy atom. The number of hydrogen-bond acceptors (Lipinski definition) is 2. The van der Waals surface area contributed by atoms with Gasteiger partial charge in [-0.15, -0.1) is 0 Å². The van der Waals surface area contributed by atoms with Crippen LogP contribution in [0.15, 0.2) is 24.3 Å². The summed E-state index contributed by atoms with van der Waals surface area (Å²) >= 11 is 0. The van der Waals surface area contributed by atoms with Gasteiger partial charge in [-0.1, -0.05) is 24.3 Å². The molecule has 0 saturated carbocycles. The van der Waals surface area contributed by atoms with E-state index in [4.69, 9.17) is 5.11 Å². The molecule has 0 amide bonds. The smallest absolute Gasteiger partial charge is 0.396 e. The summed E-state index contributed by atoms with van der Waals surface area (Å²) in [7, 11) is 0. The first-order valence-corrected chi connectivity index (χ1v) is 4.93. The fraction of sp³-hybridized carbons (Fsp3) is 0.250. The standard InChI is InChI=1S/C12H11F3O2/c13-12(14,15)11-7-9(8-17)4-5-10(11)3-1-2-6-16/h1,3-5,7-8,16H,2,6H2. The highest BCUT2D eigenvalue weighted by atomic mass is 19.4. The molecule has 0 bridgehead atoms. The Kier molecular flexibility index (Phi) is 4.45. The van der Waals surface area contributed by atoms with Crippen molar-refractivity contribution in [3.8, 4) is 0 Å². The maximum absolute atomic E-state index is 12.7. The highest BCUT2D eigenvalue weighted by Gasteiger charge is 2.32. The number of alkyl halides is 3. The number of halogens is 3. The van der Waals surface area contributed by atoms with Gasteiger partial charge in [0.25, 0.3) is 0 Å². The first-order valence-electron chi connectivity index (χ1n) is 4.93. The molecule has 1 rings (SSSR count). The second kappa shape index (κ2) is 5.63. The van der Waals surface area contributed by atoms with Crippen LogP contribution < -0.4 is 0 Å². The summed E-state index contributed by atoms with van der Waals surface area (Å²) < 4.78 is 38.0.